The lowest BCUT2D eigenvalue weighted by atomic mass is 9.81. The van der Waals surface area contributed by atoms with Gasteiger partial charge in [0.25, 0.3) is 0 Å². The van der Waals surface area contributed by atoms with Gasteiger partial charge in [-0.1, -0.05) is 20.3 Å². The number of hydrogen-bond donors (Lipinski definition) is 1. The Hall–Kier alpha value is -0.830. The summed E-state index contributed by atoms with van der Waals surface area (Å²) < 4.78 is 2.09. The normalized spacial score (nSPS) is 25.9. The minimum Gasteiger partial charge on any atom is -0.316 e. The second kappa shape index (κ2) is 5.48. The van der Waals surface area contributed by atoms with Gasteiger partial charge in [0, 0.05) is 12.7 Å². The second-order valence-electron chi connectivity index (χ2n) is 4.80. The molecule has 0 spiro atoms. The maximum atomic E-state index is 4.45. The SMILES string of the molecule is CCCn1cc(C2CCNCC2CC)cn1. The topological polar surface area (TPSA) is 29.9 Å². The Morgan fingerprint density at radius 3 is 3.12 bits per heavy atom. The average Bonchev–Trinajstić information content (AvgIpc) is 2.78. The van der Waals surface area contributed by atoms with Crippen molar-refractivity contribution < 1.29 is 0 Å². The van der Waals surface area contributed by atoms with Crippen LogP contribution in [0.5, 0.6) is 0 Å². The zero-order valence-corrected chi connectivity index (χ0v) is 10.4. The smallest absolute Gasteiger partial charge is 0.0524 e. The molecule has 0 saturated carbocycles. The summed E-state index contributed by atoms with van der Waals surface area (Å²) in [6.07, 6.45) is 8.01. The number of hydrogen-bond acceptors (Lipinski definition) is 2. The standard InChI is InChI=1S/C13H23N3/c1-3-7-16-10-12(9-15-16)13-5-6-14-8-11(13)4-2/h9-11,13-14H,3-8H2,1-2H3. The molecule has 3 nitrogen and oxygen atoms in total. The summed E-state index contributed by atoms with van der Waals surface area (Å²) in [6.45, 7) is 7.85. The Bertz CT molecular complexity index is 319. The van der Waals surface area contributed by atoms with Crippen LogP contribution in [0.2, 0.25) is 0 Å². The lowest BCUT2D eigenvalue weighted by Gasteiger charge is -2.30. The molecule has 2 heterocycles. The van der Waals surface area contributed by atoms with Gasteiger partial charge in [-0.25, -0.2) is 0 Å². The molecule has 1 fully saturated rings. The molecule has 0 aromatic carbocycles. The summed E-state index contributed by atoms with van der Waals surface area (Å²) in [5.74, 6) is 1.50. The van der Waals surface area contributed by atoms with E-state index < -0.39 is 0 Å². The third-order valence-corrected chi connectivity index (χ3v) is 3.67. The lowest BCUT2D eigenvalue weighted by Crippen LogP contribution is -2.34. The zero-order valence-electron chi connectivity index (χ0n) is 10.4. The predicted molar refractivity (Wildman–Crippen MR) is 66.5 cm³/mol. The molecule has 1 N–H and O–H groups in total. The highest BCUT2D eigenvalue weighted by molar-refractivity contribution is 5.14. The molecule has 3 heteroatoms. The van der Waals surface area contributed by atoms with E-state index in [-0.39, 0.29) is 0 Å². The van der Waals surface area contributed by atoms with Crippen molar-refractivity contribution in [3.8, 4) is 0 Å². The van der Waals surface area contributed by atoms with Crippen LogP contribution in [-0.2, 0) is 6.54 Å². The molecule has 0 amide bonds. The summed E-state index contributed by atoms with van der Waals surface area (Å²) in [5, 5.41) is 7.94. The van der Waals surface area contributed by atoms with Gasteiger partial charge in [-0.05, 0) is 43.3 Å². The molecule has 1 aliphatic heterocycles. The maximum Gasteiger partial charge on any atom is 0.0524 e. The molecule has 0 radical (unpaired) electrons. The predicted octanol–water partition coefficient (Wildman–Crippen LogP) is 2.40. The summed E-state index contributed by atoms with van der Waals surface area (Å²) in [4.78, 5) is 0. The molecule has 2 unspecified atom stereocenters. The minimum absolute atomic E-state index is 0.719. The van der Waals surface area contributed by atoms with Crippen LogP contribution in [0.25, 0.3) is 0 Å². The van der Waals surface area contributed by atoms with E-state index in [9.17, 15) is 0 Å². The monoisotopic (exact) mass is 221 g/mol. The summed E-state index contributed by atoms with van der Waals surface area (Å²) in [7, 11) is 0. The van der Waals surface area contributed by atoms with E-state index in [4.69, 9.17) is 0 Å². The van der Waals surface area contributed by atoms with Gasteiger partial charge in [-0.2, -0.15) is 5.10 Å². The third-order valence-electron chi connectivity index (χ3n) is 3.67. The molecule has 1 aliphatic rings. The fourth-order valence-corrected chi connectivity index (χ4v) is 2.71. The van der Waals surface area contributed by atoms with Gasteiger partial charge in [-0.3, -0.25) is 4.68 Å². The quantitative estimate of drug-likeness (QED) is 0.846. The molecule has 0 bridgehead atoms. The Morgan fingerprint density at radius 1 is 1.50 bits per heavy atom. The molecular weight excluding hydrogens is 198 g/mol. The number of aromatic nitrogens is 2. The van der Waals surface area contributed by atoms with Crippen molar-refractivity contribution in [1.82, 2.24) is 15.1 Å². The summed E-state index contributed by atoms with van der Waals surface area (Å²) in [6, 6.07) is 0. The molecule has 1 saturated heterocycles. The number of nitrogens with one attached hydrogen (secondary N) is 1. The molecular formula is C13H23N3. The van der Waals surface area contributed by atoms with Crippen LogP contribution >= 0.6 is 0 Å². The molecule has 1 aromatic rings. The first-order chi connectivity index (χ1) is 7.85. The summed E-state index contributed by atoms with van der Waals surface area (Å²) in [5.41, 5.74) is 1.45. The van der Waals surface area contributed by atoms with E-state index >= 15 is 0 Å². The molecule has 0 aliphatic carbocycles. The van der Waals surface area contributed by atoms with Crippen LogP contribution in [-0.4, -0.2) is 22.9 Å². The highest BCUT2D eigenvalue weighted by Crippen LogP contribution is 2.31. The van der Waals surface area contributed by atoms with E-state index in [1.807, 2.05) is 0 Å². The maximum absolute atomic E-state index is 4.45. The van der Waals surface area contributed by atoms with Gasteiger partial charge >= 0.3 is 0 Å². The largest absolute Gasteiger partial charge is 0.316 e. The van der Waals surface area contributed by atoms with Crippen LogP contribution < -0.4 is 5.32 Å². The Labute approximate surface area is 98.2 Å². The third kappa shape index (κ3) is 2.46. The van der Waals surface area contributed by atoms with E-state index in [2.05, 4.69) is 41.3 Å². The first-order valence-corrected chi connectivity index (χ1v) is 6.58. The van der Waals surface area contributed by atoms with Crippen LogP contribution in [0.3, 0.4) is 0 Å². The molecule has 2 rings (SSSR count). The molecule has 1 aromatic heterocycles. The van der Waals surface area contributed by atoms with E-state index in [0.29, 0.717) is 0 Å². The Morgan fingerprint density at radius 2 is 2.38 bits per heavy atom. The number of nitrogens with zero attached hydrogens (tertiary/aromatic N) is 2. The van der Waals surface area contributed by atoms with Crippen molar-refractivity contribution in [2.24, 2.45) is 5.92 Å². The highest BCUT2D eigenvalue weighted by atomic mass is 15.3. The molecule has 2 atom stereocenters. The first kappa shape index (κ1) is 11.6. The van der Waals surface area contributed by atoms with E-state index in [1.165, 1.54) is 24.9 Å². The van der Waals surface area contributed by atoms with Crippen molar-refractivity contribution in [3.63, 3.8) is 0 Å². The average molecular weight is 221 g/mol. The number of piperidine rings is 1. The first-order valence-electron chi connectivity index (χ1n) is 6.58. The van der Waals surface area contributed by atoms with Gasteiger partial charge in [0.2, 0.25) is 0 Å². The van der Waals surface area contributed by atoms with Gasteiger partial charge in [0.05, 0.1) is 6.20 Å². The highest BCUT2D eigenvalue weighted by Gasteiger charge is 2.25. The van der Waals surface area contributed by atoms with Crippen molar-refractivity contribution in [2.75, 3.05) is 13.1 Å². The van der Waals surface area contributed by atoms with Gasteiger partial charge in [0.1, 0.15) is 0 Å². The van der Waals surface area contributed by atoms with Crippen molar-refractivity contribution >= 4 is 0 Å². The Balaban J connectivity index is 2.08. The van der Waals surface area contributed by atoms with Crippen molar-refractivity contribution in [3.05, 3.63) is 18.0 Å². The van der Waals surface area contributed by atoms with Crippen molar-refractivity contribution in [2.45, 2.75) is 45.6 Å². The van der Waals surface area contributed by atoms with Crippen molar-refractivity contribution in [1.29, 1.82) is 0 Å². The second-order valence-corrected chi connectivity index (χ2v) is 4.80. The zero-order chi connectivity index (χ0) is 11.4. The van der Waals surface area contributed by atoms with Gasteiger partial charge in [0.15, 0.2) is 0 Å². The minimum atomic E-state index is 0.719. The number of aryl methyl sites for hydroxylation is 1. The summed E-state index contributed by atoms with van der Waals surface area (Å²) >= 11 is 0. The number of rotatable bonds is 4. The van der Waals surface area contributed by atoms with Crippen LogP contribution in [0.1, 0.15) is 44.6 Å². The van der Waals surface area contributed by atoms with E-state index in [0.717, 1.165) is 31.3 Å². The fraction of sp³-hybridized carbons (Fsp3) is 0.769. The van der Waals surface area contributed by atoms with Crippen LogP contribution in [0.15, 0.2) is 12.4 Å². The van der Waals surface area contributed by atoms with Crippen LogP contribution in [0, 0.1) is 5.92 Å². The Kier molecular flexibility index (Phi) is 3.99. The fourth-order valence-electron chi connectivity index (χ4n) is 2.71. The molecule has 16 heavy (non-hydrogen) atoms. The van der Waals surface area contributed by atoms with Gasteiger partial charge < -0.3 is 5.32 Å². The molecule has 90 valence electrons. The van der Waals surface area contributed by atoms with E-state index in [1.54, 1.807) is 0 Å². The lowest BCUT2D eigenvalue weighted by molar-refractivity contribution is 0.317. The van der Waals surface area contributed by atoms with Crippen LogP contribution in [0.4, 0.5) is 0 Å². The van der Waals surface area contributed by atoms with Gasteiger partial charge in [-0.15, -0.1) is 0 Å².